The SMILES string of the molecule is CCCCCCCCCCCC(=O)O.O=S([O-])S(=O)(=O)[O-].[K+].[K+]. The van der Waals surface area contributed by atoms with Gasteiger partial charge in [0, 0.05) is 6.42 Å². The molecule has 0 aromatic rings. The fraction of sp³-hybridized carbons (Fsp3) is 0.917. The molecular weight excluding hydrogens is 398 g/mol. The third-order valence-corrected chi connectivity index (χ3v) is 3.99. The van der Waals surface area contributed by atoms with Crippen molar-refractivity contribution >= 4 is 25.2 Å². The third-order valence-electron chi connectivity index (χ3n) is 2.66. The predicted octanol–water partition coefficient (Wildman–Crippen LogP) is -3.67. The second kappa shape index (κ2) is 22.8. The average Bonchev–Trinajstić information content (AvgIpc) is 2.36. The van der Waals surface area contributed by atoms with Crippen molar-refractivity contribution in [2.75, 3.05) is 0 Å². The number of unbranched alkanes of at least 4 members (excludes halogenated alkanes) is 8. The van der Waals surface area contributed by atoms with Crippen LogP contribution in [0.5, 0.6) is 0 Å². The van der Waals surface area contributed by atoms with Crippen LogP contribution in [0.1, 0.15) is 71.1 Å². The van der Waals surface area contributed by atoms with Crippen molar-refractivity contribution in [2.24, 2.45) is 0 Å². The first-order valence-corrected chi connectivity index (χ1v) is 9.99. The number of hydrogen-bond donors (Lipinski definition) is 1. The zero-order valence-electron chi connectivity index (χ0n) is 14.3. The number of rotatable bonds is 11. The average molecular weight is 423 g/mol. The number of aliphatic carboxylic acids is 1. The Kier molecular flexibility index (Phi) is 33.1. The van der Waals surface area contributed by atoms with E-state index in [2.05, 4.69) is 6.92 Å². The van der Waals surface area contributed by atoms with Crippen LogP contribution in [0.3, 0.4) is 0 Å². The van der Waals surface area contributed by atoms with Crippen LogP contribution < -0.4 is 103 Å². The number of carbonyl (C=O) groups is 1. The van der Waals surface area contributed by atoms with E-state index in [1.165, 1.54) is 44.9 Å². The zero-order valence-corrected chi connectivity index (χ0v) is 22.2. The van der Waals surface area contributed by atoms with Gasteiger partial charge in [-0.15, -0.1) is 0 Å². The van der Waals surface area contributed by atoms with Gasteiger partial charge in [-0.25, -0.2) is 8.42 Å². The van der Waals surface area contributed by atoms with Crippen LogP contribution in [0.2, 0.25) is 0 Å². The molecule has 1 atom stereocenters. The summed E-state index contributed by atoms with van der Waals surface area (Å²) < 4.78 is 45.7. The first-order valence-electron chi connectivity index (χ1n) is 6.99. The van der Waals surface area contributed by atoms with Gasteiger partial charge in [0.15, 0.2) is 9.15 Å². The van der Waals surface area contributed by atoms with E-state index >= 15 is 0 Å². The van der Waals surface area contributed by atoms with Gasteiger partial charge in [0.1, 0.15) is 0 Å². The normalized spacial score (nSPS) is 11.3. The topological polar surface area (TPSA) is 135 Å². The fourth-order valence-corrected chi connectivity index (χ4v) is 1.59. The van der Waals surface area contributed by atoms with Crippen molar-refractivity contribution in [1.29, 1.82) is 0 Å². The maximum Gasteiger partial charge on any atom is 1.00 e. The fourth-order valence-electron chi connectivity index (χ4n) is 1.59. The molecule has 0 heterocycles. The summed E-state index contributed by atoms with van der Waals surface area (Å²) in [5, 5.41) is 8.41. The molecule has 1 unspecified atom stereocenters. The van der Waals surface area contributed by atoms with E-state index in [4.69, 9.17) is 26.8 Å². The quantitative estimate of drug-likeness (QED) is 0.119. The Balaban J connectivity index is -0.000000173. The molecule has 11 heteroatoms. The summed E-state index contributed by atoms with van der Waals surface area (Å²) in [7, 11) is -8.59. The Hall–Kier alpha value is 2.76. The molecule has 0 saturated carbocycles. The van der Waals surface area contributed by atoms with Crippen LogP contribution in [-0.2, 0) is 24.1 Å². The van der Waals surface area contributed by atoms with Crippen molar-refractivity contribution in [1.82, 2.24) is 0 Å². The summed E-state index contributed by atoms with van der Waals surface area (Å²) in [6.07, 6.45) is 11.5. The molecule has 0 aromatic heterocycles. The van der Waals surface area contributed by atoms with Gasteiger partial charge in [-0.05, 0) is 6.42 Å². The van der Waals surface area contributed by atoms with Crippen LogP contribution in [0, 0.1) is 0 Å². The number of carboxylic acid groups (broad SMARTS) is 1. The Morgan fingerprint density at radius 1 is 0.957 bits per heavy atom. The van der Waals surface area contributed by atoms with E-state index in [1.54, 1.807) is 0 Å². The molecule has 0 radical (unpaired) electrons. The smallest absolute Gasteiger partial charge is 0.761 e. The molecule has 23 heavy (non-hydrogen) atoms. The summed E-state index contributed by atoms with van der Waals surface area (Å²) >= 11 is 0. The Bertz CT molecular complexity index is 389. The molecule has 0 aliphatic rings. The summed E-state index contributed by atoms with van der Waals surface area (Å²) in [5.41, 5.74) is 0. The Labute approximate surface area is 226 Å². The van der Waals surface area contributed by atoms with Gasteiger partial charge < -0.3 is 14.2 Å². The molecule has 0 spiro atoms. The van der Waals surface area contributed by atoms with Gasteiger partial charge >= 0.3 is 109 Å². The molecular formula is C12H24K2O7S2. The van der Waals surface area contributed by atoms with Gasteiger partial charge in [0.2, 0.25) is 0 Å². The van der Waals surface area contributed by atoms with E-state index in [0.717, 1.165) is 12.8 Å². The van der Waals surface area contributed by atoms with E-state index in [0.29, 0.717) is 6.42 Å². The van der Waals surface area contributed by atoms with Gasteiger partial charge in [-0.1, -0.05) is 58.3 Å². The summed E-state index contributed by atoms with van der Waals surface area (Å²) in [6.45, 7) is 2.23. The predicted molar refractivity (Wildman–Crippen MR) is 78.1 cm³/mol. The number of carboxylic acids is 1. The van der Waals surface area contributed by atoms with Crippen molar-refractivity contribution in [3.8, 4) is 0 Å². The summed E-state index contributed by atoms with van der Waals surface area (Å²) in [6, 6.07) is 0. The zero-order chi connectivity index (χ0) is 16.7. The van der Waals surface area contributed by atoms with Gasteiger partial charge in [-0.2, -0.15) is 0 Å². The minimum atomic E-state index is -5.07. The molecule has 7 nitrogen and oxygen atoms in total. The summed E-state index contributed by atoms with van der Waals surface area (Å²) in [4.78, 5) is 10.2. The molecule has 0 aromatic carbocycles. The van der Waals surface area contributed by atoms with Crippen LogP contribution in [0.15, 0.2) is 0 Å². The van der Waals surface area contributed by atoms with Crippen molar-refractivity contribution in [3.63, 3.8) is 0 Å². The minimum absolute atomic E-state index is 0. The first kappa shape index (κ1) is 33.4. The standard InChI is InChI=1S/C12H24O2.2K.H2O5S2/c1-2-3-4-5-6-7-8-9-10-11-12(13)14;;;1-6(2)7(3,4)5/h2-11H2,1H3,(H,13,14);;;(H,1,2)(H,3,4,5)/q;2*+1;/p-2. The monoisotopic (exact) mass is 422 g/mol. The Morgan fingerprint density at radius 2 is 1.26 bits per heavy atom. The summed E-state index contributed by atoms with van der Waals surface area (Å²) in [5.74, 6) is -0.659. The molecule has 0 fully saturated rings. The van der Waals surface area contributed by atoms with Crippen molar-refractivity contribution in [2.45, 2.75) is 71.1 Å². The molecule has 0 rings (SSSR count). The van der Waals surface area contributed by atoms with Crippen molar-refractivity contribution < 1.29 is 134 Å². The molecule has 0 amide bonds. The molecule has 0 aliphatic heterocycles. The third kappa shape index (κ3) is 32.9. The van der Waals surface area contributed by atoms with Crippen LogP contribution >= 0.6 is 0 Å². The number of hydrogen-bond acceptors (Lipinski definition) is 6. The molecule has 0 saturated heterocycles. The second-order valence-corrected chi connectivity index (χ2v) is 7.85. The van der Waals surface area contributed by atoms with Gasteiger partial charge in [0.05, 0.1) is 10.1 Å². The molecule has 128 valence electrons. The van der Waals surface area contributed by atoms with Crippen molar-refractivity contribution in [3.05, 3.63) is 0 Å². The minimum Gasteiger partial charge on any atom is -0.761 e. The van der Waals surface area contributed by atoms with Crippen LogP contribution in [0.4, 0.5) is 0 Å². The van der Waals surface area contributed by atoms with E-state index in [9.17, 15) is 4.79 Å². The second-order valence-electron chi connectivity index (χ2n) is 4.58. The van der Waals surface area contributed by atoms with E-state index in [-0.39, 0.29) is 103 Å². The molecule has 0 aliphatic carbocycles. The maximum absolute atomic E-state index is 10.2. The first-order chi connectivity index (χ1) is 9.71. The molecule has 0 bridgehead atoms. The van der Waals surface area contributed by atoms with E-state index in [1.807, 2.05) is 0 Å². The van der Waals surface area contributed by atoms with E-state index < -0.39 is 25.2 Å². The molecule has 1 N–H and O–H groups in total. The van der Waals surface area contributed by atoms with Gasteiger partial charge in [-0.3, -0.25) is 9.00 Å². The van der Waals surface area contributed by atoms with Crippen LogP contribution in [0.25, 0.3) is 0 Å². The largest absolute Gasteiger partial charge is 1.00 e. The van der Waals surface area contributed by atoms with Gasteiger partial charge in [0.25, 0.3) is 0 Å². The maximum atomic E-state index is 10.2. The van der Waals surface area contributed by atoms with Crippen LogP contribution in [-0.4, -0.2) is 32.8 Å². The Morgan fingerprint density at radius 3 is 1.52 bits per heavy atom.